The van der Waals surface area contributed by atoms with Gasteiger partial charge in [0.25, 0.3) is 0 Å². The van der Waals surface area contributed by atoms with Crippen molar-refractivity contribution < 1.29 is 14.2 Å². The molecule has 0 fully saturated rings. The fourth-order valence-electron chi connectivity index (χ4n) is 4.19. The molecule has 5 nitrogen and oxygen atoms in total. The molecular weight excluding hydrogens is 396 g/mol. The maximum atomic E-state index is 5.88. The molecule has 160 valence electrons. The minimum absolute atomic E-state index is 0.313. The Hall–Kier alpha value is -2.31. The normalized spacial score (nSPS) is 16.9. The molecule has 1 unspecified atom stereocenters. The van der Waals surface area contributed by atoms with Gasteiger partial charge in [-0.15, -0.1) is 11.8 Å². The Balaban J connectivity index is 1.65. The van der Waals surface area contributed by atoms with Crippen LogP contribution in [0.5, 0.6) is 17.2 Å². The highest BCUT2D eigenvalue weighted by atomic mass is 32.2. The topological polar surface area (TPSA) is 46.7 Å². The largest absolute Gasteiger partial charge is 0.497 e. The van der Waals surface area contributed by atoms with E-state index in [-0.39, 0.29) is 0 Å². The van der Waals surface area contributed by atoms with Crippen LogP contribution in [-0.4, -0.2) is 50.1 Å². The molecule has 1 aliphatic heterocycles. The maximum Gasteiger partial charge on any atom is 0.161 e. The van der Waals surface area contributed by atoms with Gasteiger partial charge in [-0.05, 0) is 74.8 Å². The Morgan fingerprint density at radius 1 is 1.13 bits per heavy atom. The first-order chi connectivity index (χ1) is 14.6. The molecule has 0 saturated carbocycles. The number of benzene rings is 2. The Bertz CT molecular complexity index is 1020. The number of H-pyrrole nitrogens is 1. The lowest BCUT2D eigenvalue weighted by Crippen LogP contribution is -2.26. The number of hydrogen-bond acceptors (Lipinski definition) is 5. The number of hydrogen-bond donors (Lipinski definition) is 1. The second kappa shape index (κ2) is 9.23. The van der Waals surface area contributed by atoms with Crippen LogP contribution in [0.4, 0.5) is 0 Å². The predicted molar refractivity (Wildman–Crippen MR) is 123 cm³/mol. The van der Waals surface area contributed by atoms with E-state index in [1.165, 1.54) is 21.4 Å². The summed E-state index contributed by atoms with van der Waals surface area (Å²) in [5, 5.41) is 1.21. The number of rotatable bonds is 7. The molecule has 1 N–H and O–H groups in total. The molecule has 1 atom stereocenters. The molecule has 2 aromatic carbocycles. The number of fused-ring (bicyclic) bond motifs is 2. The smallest absolute Gasteiger partial charge is 0.161 e. The molecule has 2 heterocycles. The number of thioether (sulfide) groups is 1. The molecule has 1 aliphatic rings. The number of aromatic amines is 1. The van der Waals surface area contributed by atoms with E-state index >= 15 is 0 Å². The Morgan fingerprint density at radius 3 is 2.77 bits per heavy atom. The predicted octanol–water partition coefficient (Wildman–Crippen LogP) is 5.30. The van der Waals surface area contributed by atoms with Crippen LogP contribution in [0.25, 0.3) is 10.9 Å². The van der Waals surface area contributed by atoms with Gasteiger partial charge in [-0.1, -0.05) is 0 Å². The van der Waals surface area contributed by atoms with Gasteiger partial charge in [0.05, 0.1) is 20.8 Å². The number of ether oxygens (including phenoxy) is 3. The zero-order valence-electron chi connectivity index (χ0n) is 18.2. The monoisotopic (exact) mass is 426 g/mol. The molecule has 0 amide bonds. The van der Waals surface area contributed by atoms with E-state index in [0.717, 1.165) is 47.9 Å². The maximum absolute atomic E-state index is 5.88. The van der Waals surface area contributed by atoms with Crippen molar-refractivity contribution in [1.82, 2.24) is 9.88 Å². The zero-order chi connectivity index (χ0) is 21.1. The third-order valence-corrected chi connectivity index (χ3v) is 6.95. The third-order valence-electron chi connectivity index (χ3n) is 5.82. The van der Waals surface area contributed by atoms with Gasteiger partial charge in [-0.3, -0.25) is 4.90 Å². The van der Waals surface area contributed by atoms with E-state index in [4.69, 9.17) is 14.2 Å². The number of nitrogens with zero attached hydrogens (tertiary/aromatic N) is 1. The van der Waals surface area contributed by atoms with Gasteiger partial charge in [-0.25, -0.2) is 0 Å². The first kappa shape index (κ1) is 20.9. The fraction of sp³-hybridized carbons (Fsp3) is 0.417. The van der Waals surface area contributed by atoms with E-state index in [1.54, 1.807) is 14.2 Å². The number of aryl methyl sites for hydroxylation is 1. The lowest BCUT2D eigenvalue weighted by molar-refractivity contribution is 0.269. The van der Waals surface area contributed by atoms with Crippen LogP contribution in [0.2, 0.25) is 0 Å². The van der Waals surface area contributed by atoms with Gasteiger partial charge in [0.15, 0.2) is 11.5 Å². The lowest BCUT2D eigenvalue weighted by atomic mass is 9.98. The lowest BCUT2D eigenvalue weighted by Gasteiger charge is -2.27. The second-order valence-corrected chi connectivity index (χ2v) is 8.67. The second-order valence-electron chi connectivity index (χ2n) is 7.61. The Labute approximate surface area is 182 Å². The van der Waals surface area contributed by atoms with Gasteiger partial charge in [-0.2, -0.15) is 0 Å². The summed E-state index contributed by atoms with van der Waals surface area (Å²) in [7, 11) is 5.65. The molecule has 1 aromatic heterocycles. The van der Waals surface area contributed by atoms with Crippen molar-refractivity contribution in [3.05, 3.63) is 47.7 Å². The number of nitrogens with one attached hydrogen (secondary N) is 1. The molecule has 0 bridgehead atoms. The SMILES string of the molecule is CCOc1cc2c(cc1OC)CCCN(C)C2CSc1c[nH]c2ccc(OC)cc12. The molecule has 0 aliphatic carbocycles. The van der Waals surface area contributed by atoms with Crippen molar-refractivity contribution in [3.8, 4) is 17.2 Å². The van der Waals surface area contributed by atoms with Crippen LogP contribution in [-0.2, 0) is 6.42 Å². The third kappa shape index (κ3) is 4.12. The summed E-state index contributed by atoms with van der Waals surface area (Å²) in [4.78, 5) is 7.10. The minimum Gasteiger partial charge on any atom is -0.497 e. The molecule has 6 heteroatoms. The van der Waals surface area contributed by atoms with Crippen LogP contribution in [0.15, 0.2) is 41.4 Å². The van der Waals surface area contributed by atoms with Crippen molar-refractivity contribution in [2.45, 2.75) is 30.7 Å². The quantitative estimate of drug-likeness (QED) is 0.520. The van der Waals surface area contributed by atoms with Gasteiger partial charge < -0.3 is 19.2 Å². The fourth-order valence-corrected chi connectivity index (χ4v) is 5.43. The highest BCUT2D eigenvalue weighted by Crippen LogP contribution is 2.40. The van der Waals surface area contributed by atoms with E-state index in [0.29, 0.717) is 12.6 Å². The zero-order valence-corrected chi connectivity index (χ0v) is 19.0. The van der Waals surface area contributed by atoms with Crippen molar-refractivity contribution in [3.63, 3.8) is 0 Å². The van der Waals surface area contributed by atoms with Gasteiger partial charge >= 0.3 is 0 Å². The number of aromatic nitrogens is 1. The molecule has 0 spiro atoms. The highest BCUT2D eigenvalue weighted by molar-refractivity contribution is 7.99. The Kier molecular flexibility index (Phi) is 6.44. The highest BCUT2D eigenvalue weighted by Gasteiger charge is 2.26. The Morgan fingerprint density at radius 2 is 2.00 bits per heavy atom. The van der Waals surface area contributed by atoms with Gasteiger partial charge in [0.1, 0.15) is 5.75 Å². The molecule has 0 radical (unpaired) electrons. The first-order valence-corrected chi connectivity index (χ1v) is 11.4. The minimum atomic E-state index is 0.313. The molecule has 3 aromatic rings. The van der Waals surface area contributed by atoms with E-state index in [1.807, 2.05) is 24.8 Å². The van der Waals surface area contributed by atoms with Crippen LogP contribution >= 0.6 is 11.8 Å². The van der Waals surface area contributed by atoms with Gasteiger partial charge in [0, 0.05) is 33.8 Å². The van der Waals surface area contributed by atoms with Crippen molar-refractivity contribution in [1.29, 1.82) is 0 Å². The molecule has 30 heavy (non-hydrogen) atoms. The molecule has 0 saturated heterocycles. The van der Waals surface area contributed by atoms with Crippen molar-refractivity contribution in [2.75, 3.05) is 40.2 Å². The van der Waals surface area contributed by atoms with Crippen LogP contribution in [0.3, 0.4) is 0 Å². The summed E-state index contributed by atoms with van der Waals surface area (Å²) in [5.74, 6) is 3.51. The van der Waals surface area contributed by atoms with E-state index in [2.05, 4.69) is 47.4 Å². The summed E-state index contributed by atoms with van der Waals surface area (Å²) < 4.78 is 16.9. The van der Waals surface area contributed by atoms with Crippen molar-refractivity contribution >= 4 is 22.7 Å². The average molecular weight is 427 g/mol. The van der Waals surface area contributed by atoms with Crippen LogP contribution in [0.1, 0.15) is 30.5 Å². The summed E-state index contributed by atoms with van der Waals surface area (Å²) in [6.07, 6.45) is 4.31. The van der Waals surface area contributed by atoms with E-state index < -0.39 is 0 Å². The summed E-state index contributed by atoms with van der Waals surface area (Å²) in [6, 6.07) is 10.9. The first-order valence-electron chi connectivity index (χ1n) is 10.5. The van der Waals surface area contributed by atoms with Crippen LogP contribution < -0.4 is 14.2 Å². The molecule has 4 rings (SSSR count). The van der Waals surface area contributed by atoms with Gasteiger partial charge in [0.2, 0.25) is 0 Å². The summed E-state index contributed by atoms with van der Waals surface area (Å²) in [5.41, 5.74) is 3.85. The van der Waals surface area contributed by atoms with Crippen LogP contribution in [0, 0.1) is 0 Å². The summed E-state index contributed by atoms with van der Waals surface area (Å²) >= 11 is 1.89. The average Bonchev–Trinajstić information content (AvgIpc) is 3.10. The number of methoxy groups -OCH3 is 2. The summed E-state index contributed by atoms with van der Waals surface area (Å²) in [6.45, 7) is 3.71. The molecular formula is C24H30N2O3S. The standard InChI is InChI=1S/C24H30N2O3S/c1-5-29-23-13-18-16(11-22(23)28-4)7-6-10-26(2)21(18)15-30-24-14-25-20-9-8-17(27-3)12-19(20)24/h8-9,11-14,21,25H,5-7,10,15H2,1-4H3. The van der Waals surface area contributed by atoms with Crippen molar-refractivity contribution in [2.24, 2.45) is 0 Å². The van der Waals surface area contributed by atoms with E-state index in [9.17, 15) is 0 Å².